The first-order chi connectivity index (χ1) is 16.2. The second kappa shape index (κ2) is 8.44. The van der Waals surface area contributed by atoms with Crippen molar-refractivity contribution in [1.29, 1.82) is 0 Å². The molecule has 1 saturated heterocycles. The summed E-state index contributed by atoms with van der Waals surface area (Å²) in [6.45, 7) is 7.79. The third kappa shape index (κ3) is 3.89. The maximum Gasteiger partial charge on any atom is 0.409 e. The number of carboxylic acid groups (broad SMARTS) is 1. The maximum atomic E-state index is 13.2. The molecule has 5 rings (SSSR count). The molecule has 2 aliphatic carbocycles. The van der Waals surface area contributed by atoms with Crippen LogP contribution in [0.5, 0.6) is 0 Å². The number of nitrogens with zero attached hydrogens (tertiary/aromatic N) is 1. The summed E-state index contributed by atoms with van der Waals surface area (Å²) in [6.07, 6.45) is 3.37. The summed E-state index contributed by atoms with van der Waals surface area (Å²) < 4.78 is 5.86. The summed E-state index contributed by atoms with van der Waals surface area (Å²) in [4.78, 5) is 27.0. The molecule has 1 aliphatic heterocycles. The van der Waals surface area contributed by atoms with E-state index in [1.54, 1.807) is 4.90 Å². The van der Waals surface area contributed by atoms with Gasteiger partial charge < -0.3 is 14.7 Å². The molecule has 1 N–H and O–H groups in total. The van der Waals surface area contributed by atoms with Gasteiger partial charge in [0.2, 0.25) is 0 Å². The molecule has 5 heteroatoms. The summed E-state index contributed by atoms with van der Waals surface area (Å²) in [5.41, 5.74) is 4.64. The Balaban J connectivity index is 1.29. The van der Waals surface area contributed by atoms with Gasteiger partial charge in [0.15, 0.2) is 0 Å². The molecular weight excluding hydrogens is 426 g/mol. The summed E-state index contributed by atoms with van der Waals surface area (Å²) in [5.74, 6) is -0.710. The lowest BCUT2D eigenvalue weighted by molar-refractivity contribution is -0.146. The molecule has 2 fully saturated rings. The lowest BCUT2D eigenvalue weighted by Crippen LogP contribution is -2.40. The lowest BCUT2D eigenvalue weighted by Gasteiger charge is -2.43. The molecule has 1 amide bonds. The first-order valence-corrected chi connectivity index (χ1v) is 12.5. The number of benzene rings is 2. The molecule has 0 radical (unpaired) electrons. The number of amides is 1. The van der Waals surface area contributed by atoms with Gasteiger partial charge in [-0.3, -0.25) is 4.79 Å². The van der Waals surface area contributed by atoms with Crippen LogP contribution in [0.15, 0.2) is 48.5 Å². The SMILES string of the molecule is CC(C)(C)C1CCC2(CC1)CN(C(=O)OCC1c3ccccc3-c3ccccc31)CC2C(=O)O. The molecule has 1 atom stereocenters. The second-order valence-electron chi connectivity index (χ2n) is 11.6. The highest BCUT2D eigenvalue weighted by Gasteiger charge is 2.53. The number of aliphatic carboxylic acids is 1. The highest BCUT2D eigenvalue weighted by atomic mass is 16.6. The predicted octanol–water partition coefficient (Wildman–Crippen LogP) is 6.17. The average molecular weight is 462 g/mol. The van der Waals surface area contributed by atoms with Gasteiger partial charge in [0.05, 0.1) is 5.92 Å². The van der Waals surface area contributed by atoms with Crippen LogP contribution in [0.2, 0.25) is 0 Å². The minimum atomic E-state index is -0.789. The number of hydrogen-bond donors (Lipinski definition) is 1. The number of carbonyl (C=O) groups is 2. The number of rotatable bonds is 3. The highest BCUT2D eigenvalue weighted by molar-refractivity contribution is 5.79. The smallest absolute Gasteiger partial charge is 0.409 e. The van der Waals surface area contributed by atoms with Crippen molar-refractivity contribution < 1.29 is 19.4 Å². The first-order valence-electron chi connectivity index (χ1n) is 12.5. The largest absolute Gasteiger partial charge is 0.481 e. The topological polar surface area (TPSA) is 66.8 Å². The predicted molar refractivity (Wildman–Crippen MR) is 132 cm³/mol. The van der Waals surface area contributed by atoms with Gasteiger partial charge in [0, 0.05) is 24.4 Å². The summed E-state index contributed by atoms with van der Waals surface area (Å²) >= 11 is 0. The molecule has 1 heterocycles. The van der Waals surface area contributed by atoms with Gasteiger partial charge in [-0.25, -0.2) is 4.79 Å². The fourth-order valence-corrected chi connectivity index (χ4v) is 6.70. The molecule has 5 nitrogen and oxygen atoms in total. The van der Waals surface area contributed by atoms with Crippen LogP contribution in [0, 0.1) is 22.7 Å². The van der Waals surface area contributed by atoms with Crippen LogP contribution in [-0.4, -0.2) is 41.8 Å². The van der Waals surface area contributed by atoms with Crippen LogP contribution >= 0.6 is 0 Å². The van der Waals surface area contributed by atoms with Crippen LogP contribution in [0.4, 0.5) is 4.79 Å². The minimum Gasteiger partial charge on any atom is -0.481 e. The summed E-state index contributed by atoms with van der Waals surface area (Å²) in [6, 6.07) is 16.6. The standard InChI is InChI=1S/C29H35NO4/c1-28(2,3)19-12-14-29(15-13-19)18-30(16-25(29)26(31)32)27(33)34-17-24-22-10-6-4-8-20(22)21-9-5-7-11-23(21)24/h4-11,19,24-25H,12-18H2,1-3H3,(H,31,32). The van der Waals surface area contributed by atoms with Crippen LogP contribution in [0.3, 0.4) is 0 Å². The van der Waals surface area contributed by atoms with Gasteiger partial charge >= 0.3 is 12.1 Å². The fraction of sp³-hybridized carbons (Fsp3) is 0.517. The Morgan fingerprint density at radius 3 is 2.09 bits per heavy atom. The molecular formula is C29H35NO4. The van der Waals surface area contributed by atoms with E-state index in [-0.39, 0.29) is 36.0 Å². The number of carboxylic acids is 1. The van der Waals surface area contributed by atoms with E-state index in [4.69, 9.17) is 4.74 Å². The van der Waals surface area contributed by atoms with E-state index in [0.29, 0.717) is 12.5 Å². The molecule has 1 saturated carbocycles. The van der Waals surface area contributed by atoms with Crippen molar-refractivity contribution in [3.63, 3.8) is 0 Å². The van der Waals surface area contributed by atoms with Gasteiger partial charge in [-0.1, -0.05) is 69.3 Å². The quantitative estimate of drug-likeness (QED) is 0.593. The zero-order chi connectivity index (χ0) is 24.1. The molecule has 2 aromatic rings. The molecule has 0 bridgehead atoms. The number of ether oxygens (including phenoxy) is 1. The molecule has 180 valence electrons. The monoisotopic (exact) mass is 461 g/mol. The third-order valence-electron chi connectivity index (χ3n) is 8.75. The van der Waals surface area contributed by atoms with Crippen LogP contribution in [0.1, 0.15) is 63.5 Å². The molecule has 1 spiro atoms. The van der Waals surface area contributed by atoms with Crippen molar-refractivity contribution in [2.75, 3.05) is 19.7 Å². The zero-order valence-electron chi connectivity index (χ0n) is 20.4. The number of fused-ring (bicyclic) bond motifs is 3. The van der Waals surface area contributed by atoms with Gasteiger partial charge in [0.1, 0.15) is 6.61 Å². The van der Waals surface area contributed by atoms with Crippen LogP contribution in [0.25, 0.3) is 11.1 Å². The van der Waals surface area contributed by atoms with E-state index < -0.39 is 11.9 Å². The average Bonchev–Trinajstić information content (AvgIpc) is 3.34. The second-order valence-corrected chi connectivity index (χ2v) is 11.6. The van der Waals surface area contributed by atoms with E-state index >= 15 is 0 Å². The van der Waals surface area contributed by atoms with Crippen molar-refractivity contribution in [1.82, 2.24) is 4.90 Å². The van der Waals surface area contributed by atoms with Crippen LogP contribution in [-0.2, 0) is 9.53 Å². The van der Waals surface area contributed by atoms with E-state index in [1.165, 1.54) is 22.3 Å². The molecule has 1 unspecified atom stereocenters. The van der Waals surface area contributed by atoms with E-state index in [0.717, 1.165) is 25.7 Å². The van der Waals surface area contributed by atoms with Crippen molar-refractivity contribution >= 4 is 12.1 Å². The van der Waals surface area contributed by atoms with Crippen molar-refractivity contribution in [2.45, 2.75) is 52.4 Å². The molecule has 0 aromatic heterocycles. The van der Waals surface area contributed by atoms with Crippen LogP contribution < -0.4 is 0 Å². The van der Waals surface area contributed by atoms with Gasteiger partial charge in [-0.05, 0) is 59.3 Å². The van der Waals surface area contributed by atoms with E-state index in [9.17, 15) is 14.7 Å². The Kier molecular flexibility index (Phi) is 5.70. The number of hydrogen-bond acceptors (Lipinski definition) is 3. The van der Waals surface area contributed by atoms with E-state index in [1.807, 2.05) is 24.3 Å². The Morgan fingerprint density at radius 1 is 1.00 bits per heavy atom. The Hall–Kier alpha value is -2.82. The number of carbonyl (C=O) groups excluding carboxylic acids is 1. The fourth-order valence-electron chi connectivity index (χ4n) is 6.70. The molecule has 2 aromatic carbocycles. The van der Waals surface area contributed by atoms with Gasteiger partial charge in [0.25, 0.3) is 0 Å². The Labute approximate surface area is 202 Å². The van der Waals surface area contributed by atoms with Crippen molar-refractivity contribution in [3.8, 4) is 11.1 Å². The normalized spacial score (nSPS) is 26.4. The zero-order valence-corrected chi connectivity index (χ0v) is 20.4. The molecule has 34 heavy (non-hydrogen) atoms. The highest BCUT2D eigenvalue weighted by Crippen LogP contribution is 2.52. The van der Waals surface area contributed by atoms with Crippen molar-refractivity contribution in [3.05, 3.63) is 59.7 Å². The summed E-state index contributed by atoms with van der Waals surface area (Å²) in [7, 11) is 0. The summed E-state index contributed by atoms with van der Waals surface area (Å²) in [5, 5.41) is 10.00. The lowest BCUT2D eigenvalue weighted by atomic mass is 9.61. The third-order valence-corrected chi connectivity index (χ3v) is 8.75. The molecule has 3 aliphatic rings. The first kappa shape index (κ1) is 22.9. The van der Waals surface area contributed by atoms with Gasteiger partial charge in [-0.2, -0.15) is 0 Å². The maximum absolute atomic E-state index is 13.2. The van der Waals surface area contributed by atoms with Crippen molar-refractivity contribution in [2.24, 2.45) is 22.7 Å². The van der Waals surface area contributed by atoms with Gasteiger partial charge in [-0.15, -0.1) is 0 Å². The minimum absolute atomic E-state index is 0.00501. The van der Waals surface area contributed by atoms with E-state index in [2.05, 4.69) is 45.0 Å². The Morgan fingerprint density at radius 2 is 1.56 bits per heavy atom. The Bertz CT molecular complexity index is 1050. The number of likely N-dealkylation sites (tertiary alicyclic amines) is 1.